The molecule has 0 heterocycles. The Hall–Kier alpha value is -2.11. The zero-order valence-electron chi connectivity index (χ0n) is 8.77. The smallest absolute Gasteiger partial charge is 0.335 e. The van der Waals surface area contributed by atoms with Crippen LogP contribution in [-0.4, -0.2) is 29.6 Å². The Kier molecular flexibility index (Phi) is 3.82. The third-order valence-electron chi connectivity index (χ3n) is 2.19. The molecule has 0 saturated heterocycles. The van der Waals surface area contributed by atoms with Crippen LogP contribution >= 0.6 is 0 Å². The van der Waals surface area contributed by atoms with Crippen molar-refractivity contribution < 1.29 is 14.8 Å². The molecule has 0 amide bonds. The van der Waals surface area contributed by atoms with E-state index in [4.69, 9.17) is 5.11 Å². The third kappa shape index (κ3) is 2.94. The molecule has 0 fully saturated rings. The molecular weight excluding hydrogens is 212 g/mol. The van der Waals surface area contributed by atoms with E-state index in [9.17, 15) is 14.9 Å². The van der Waals surface area contributed by atoms with E-state index in [0.717, 1.165) is 5.56 Å². The normalized spacial score (nSPS) is 9.81. The topological polar surface area (TPSA) is 92.5 Å². The predicted octanol–water partition coefficient (Wildman–Crippen LogP) is 1.25. The summed E-state index contributed by atoms with van der Waals surface area (Å²) in [5.74, 6) is -1.02. The molecule has 6 heteroatoms. The number of carbonyl (C=O) groups is 1. The summed E-state index contributed by atoms with van der Waals surface area (Å²) in [5.41, 5.74) is 1.51. The van der Waals surface area contributed by atoms with Gasteiger partial charge in [-0.1, -0.05) is 6.07 Å². The van der Waals surface area contributed by atoms with E-state index in [2.05, 4.69) is 5.32 Å². The lowest BCUT2D eigenvalue weighted by atomic mass is 10.1. The third-order valence-corrected chi connectivity index (χ3v) is 2.19. The Bertz CT molecular complexity index is 417. The molecule has 0 radical (unpaired) electrons. The van der Waals surface area contributed by atoms with Crippen LogP contribution in [0.25, 0.3) is 0 Å². The number of hydrogen-bond acceptors (Lipinski definition) is 4. The highest BCUT2D eigenvalue weighted by Crippen LogP contribution is 2.18. The Labute approximate surface area is 92.0 Å². The standard InChI is InChI=1S/C10H12N2O4/c1-11-9-6-8(10(13)14)3-2-7(9)4-5-12(15)16/h2-3,6,11H,4-5H2,1H3,(H,13,14). The maximum atomic E-state index is 10.7. The van der Waals surface area contributed by atoms with Gasteiger partial charge in [-0.05, 0) is 17.7 Å². The highest BCUT2D eigenvalue weighted by Gasteiger charge is 2.09. The van der Waals surface area contributed by atoms with E-state index in [0.29, 0.717) is 5.69 Å². The average molecular weight is 224 g/mol. The van der Waals surface area contributed by atoms with Crippen molar-refractivity contribution in [2.24, 2.45) is 0 Å². The van der Waals surface area contributed by atoms with Gasteiger partial charge in [0.2, 0.25) is 6.54 Å². The summed E-state index contributed by atoms with van der Waals surface area (Å²) in [6.45, 7) is -0.166. The number of carboxylic acid groups (broad SMARTS) is 1. The van der Waals surface area contributed by atoms with Crippen LogP contribution in [0, 0.1) is 10.1 Å². The molecule has 1 aromatic rings. The van der Waals surface area contributed by atoms with Crippen LogP contribution in [0.1, 0.15) is 15.9 Å². The zero-order chi connectivity index (χ0) is 12.1. The van der Waals surface area contributed by atoms with Gasteiger partial charge in [0.1, 0.15) is 0 Å². The van der Waals surface area contributed by atoms with Gasteiger partial charge in [-0.25, -0.2) is 4.79 Å². The number of nitrogens with one attached hydrogen (secondary N) is 1. The monoisotopic (exact) mass is 224 g/mol. The van der Waals surface area contributed by atoms with E-state index in [-0.39, 0.29) is 18.5 Å². The minimum atomic E-state index is -1.02. The van der Waals surface area contributed by atoms with Gasteiger partial charge in [-0.3, -0.25) is 10.1 Å². The first-order valence-electron chi connectivity index (χ1n) is 4.70. The maximum Gasteiger partial charge on any atom is 0.335 e. The lowest BCUT2D eigenvalue weighted by Crippen LogP contribution is -2.07. The van der Waals surface area contributed by atoms with Gasteiger partial charge in [0, 0.05) is 24.1 Å². The second kappa shape index (κ2) is 5.11. The lowest BCUT2D eigenvalue weighted by molar-refractivity contribution is -0.479. The molecule has 0 bridgehead atoms. The number of anilines is 1. The minimum Gasteiger partial charge on any atom is -0.478 e. The number of nitro groups is 1. The number of aromatic carboxylic acids is 1. The van der Waals surface area contributed by atoms with Gasteiger partial charge in [0.25, 0.3) is 0 Å². The van der Waals surface area contributed by atoms with Crippen molar-refractivity contribution in [1.29, 1.82) is 0 Å². The van der Waals surface area contributed by atoms with Crippen molar-refractivity contribution in [2.75, 3.05) is 18.9 Å². The van der Waals surface area contributed by atoms with E-state index in [1.807, 2.05) is 0 Å². The number of carboxylic acids is 1. The molecule has 1 rings (SSSR count). The molecule has 0 aromatic heterocycles. The molecule has 16 heavy (non-hydrogen) atoms. The van der Waals surface area contributed by atoms with Crippen LogP contribution in [0.2, 0.25) is 0 Å². The first-order valence-corrected chi connectivity index (χ1v) is 4.70. The van der Waals surface area contributed by atoms with Crippen molar-refractivity contribution in [2.45, 2.75) is 6.42 Å². The summed E-state index contributed by atoms with van der Waals surface area (Å²) in [6, 6.07) is 4.51. The van der Waals surface area contributed by atoms with Crippen molar-refractivity contribution in [3.63, 3.8) is 0 Å². The molecule has 0 aliphatic heterocycles. The van der Waals surface area contributed by atoms with Crippen LogP contribution in [0.15, 0.2) is 18.2 Å². The lowest BCUT2D eigenvalue weighted by Gasteiger charge is -2.08. The van der Waals surface area contributed by atoms with Crippen LogP contribution < -0.4 is 5.32 Å². The Morgan fingerprint density at radius 3 is 2.75 bits per heavy atom. The van der Waals surface area contributed by atoms with Crippen molar-refractivity contribution >= 4 is 11.7 Å². The maximum absolute atomic E-state index is 10.7. The van der Waals surface area contributed by atoms with Crippen molar-refractivity contribution in [3.05, 3.63) is 39.4 Å². The summed E-state index contributed by atoms with van der Waals surface area (Å²) >= 11 is 0. The van der Waals surface area contributed by atoms with Gasteiger partial charge in [-0.15, -0.1) is 0 Å². The summed E-state index contributed by atoms with van der Waals surface area (Å²) in [4.78, 5) is 20.6. The second-order valence-corrected chi connectivity index (χ2v) is 3.23. The number of rotatable bonds is 5. The van der Waals surface area contributed by atoms with Gasteiger partial charge in [0.05, 0.1) is 5.56 Å². The van der Waals surface area contributed by atoms with E-state index >= 15 is 0 Å². The fourth-order valence-corrected chi connectivity index (χ4v) is 1.37. The van der Waals surface area contributed by atoms with Crippen molar-refractivity contribution in [1.82, 2.24) is 0 Å². The van der Waals surface area contributed by atoms with Gasteiger partial charge >= 0.3 is 5.97 Å². The van der Waals surface area contributed by atoms with E-state index in [1.54, 1.807) is 13.1 Å². The summed E-state index contributed by atoms with van der Waals surface area (Å²) < 4.78 is 0. The average Bonchev–Trinajstić information content (AvgIpc) is 2.25. The van der Waals surface area contributed by atoms with Gasteiger partial charge in [-0.2, -0.15) is 0 Å². The van der Waals surface area contributed by atoms with Crippen molar-refractivity contribution in [3.8, 4) is 0 Å². The SMILES string of the molecule is CNc1cc(C(=O)O)ccc1CC[N+](=O)[O-]. The summed E-state index contributed by atoms with van der Waals surface area (Å²) in [7, 11) is 1.65. The zero-order valence-corrected chi connectivity index (χ0v) is 8.77. The molecule has 0 saturated carbocycles. The first kappa shape index (κ1) is 12.0. The highest BCUT2D eigenvalue weighted by molar-refractivity contribution is 5.89. The second-order valence-electron chi connectivity index (χ2n) is 3.23. The fourth-order valence-electron chi connectivity index (χ4n) is 1.37. The van der Waals surface area contributed by atoms with Gasteiger partial charge in [0.15, 0.2) is 0 Å². The summed E-state index contributed by atoms with van der Waals surface area (Å²) in [6.07, 6.45) is 0.281. The molecule has 0 aliphatic rings. The van der Waals surface area contributed by atoms with Crippen LogP contribution in [0.5, 0.6) is 0 Å². The van der Waals surface area contributed by atoms with Crippen LogP contribution in [0.4, 0.5) is 5.69 Å². The van der Waals surface area contributed by atoms with E-state index in [1.165, 1.54) is 12.1 Å². The number of benzene rings is 1. The molecule has 6 nitrogen and oxygen atoms in total. The molecule has 86 valence electrons. The molecule has 1 aromatic carbocycles. The van der Waals surface area contributed by atoms with Gasteiger partial charge < -0.3 is 10.4 Å². The molecule has 0 aliphatic carbocycles. The molecule has 2 N–H and O–H groups in total. The number of nitrogens with zero attached hydrogens (tertiary/aromatic N) is 1. The molecule has 0 spiro atoms. The quantitative estimate of drug-likeness (QED) is 0.580. The summed E-state index contributed by atoms with van der Waals surface area (Å²) in [5, 5.41) is 21.8. The van der Waals surface area contributed by atoms with Crippen LogP contribution in [0.3, 0.4) is 0 Å². The highest BCUT2D eigenvalue weighted by atomic mass is 16.6. The van der Waals surface area contributed by atoms with Crippen LogP contribution in [-0.2, 0) is 6.42 Å². The largest absolute Gasteiger partial charge is 0.478 e. The Morgan fingerprint density at radius 1 is 1.56 bits per heavy atom. The minimum absolute atomic E-state index is 0.161. The molecule has 0 unspecified atom stereocenters. The Balaban J connectivity index is 2.93. The fraction of sp³-hybridized carbons (Fsp3) is 0.300. The molecule has 0 atom stereocenters. The predicted molar refractivity (Wildman–Crippen MR) is 58.5 cm³/mol. The number of hydrogen-bond donors (Lipinski definition) is 2. The Morgan fingerprint density at radius 2 is 2.25 bits per heavy atom. The van der Waals surface area contributed by atoms with E-state index < -0.39 is 10.9 Å². The molecular formula is C10H12N2O4. The first-order chi connectivity index (χ1) is 7.54.